The van der Waals surface area contributed by atoms with Crippen molar-refractivity contribution in [2.75, 3.05) is 20.3 Å². The second-order valence-corrected chi connectivity index (χ2v) is 7.72. The first-order valence-electron chi connectivity index (χ1n) is 8.66. The van der Waals surface area contributed by atoms with E-state index < -0.39 is 16.0 Å². The van der Waals surface area contributed by atoms with Gasteiger partial charge in [0.2, 0.25) is 10.0 Å². The SMILES string of the molecule is COC(=O)c1cccc(S(=O)(=O)NCCCOc2cccc3cccnc23)c1. The van der Waals surface area contributed by atoms with E-state index in [1.165, 1.54) is 31.4 Å². The molecule has 28 heavy (non-hydrogen) atoms. The first kappa shape index (κ1) is 19.8. The van der Waals surface area contributed by atoms with E-state index in [0.717, 1.165) is 10.9 Å². The highest BCUT2D eigenvalue weighted by Crippen LogP contribution is 2.22. The van der Waals surface area contributed by atoms with Gasteiger partial charge in [0, 0.05) is 18.1 Å². The second kappa shape index (κ2) is 8.81. The van der Waals surface area contributed by atoms with Crippen molar-refractivity contribution in [1.29, 1.82) is 0 Å². The lowest BCUT2D eigenvalue weighted by atomic mass is 10.2. The zero-order chi connectivity index (χ0) is 20.0. The number of fused-ring (bicyclic) bond motifs is 1. The monoisotopic (exact) mass is 400 g/mol. The maximum Gasteiger partial charge on any atom is 0.337 e. The zero-order valence-corrected chi connectivity index (χ0v) is 16.1. The number of hydrogen-bond acceptors (Lipinski definition) is 6. The van der Waals surface area contributed by atoms with Crippen LogP contribution in [0.5, 0.6) is 5.75 Å². The van der Waals surface area contributed by atoms with Crippen LogP contribution in [0.4, 0.5) is 0 Å². The van der Waals surface area contributed by atoms with Gasteiger partial charge in [-0.3, -0.25) is 4.98 Å². The molecule has 1 heterocycles. The lowest BCUT2D eigenvalue weighted by Crippen LogP contribution is -2.26. The van der Waals surface area contributed by atoms with E-state index in [4.69, 9.17) is 4.74 Å². The van der Waals surface area contributed by atoms with Crippen LogP contribution in [0.15, 0.2) is 65.7 Å². The molecular weight excluding hydrogens is 380 g/mol. The standard InChI is InChI=1S/C20H20N2O5S/c1-26-20(23)16-7-2-9-17(14-16)28(24,25)22-12-5-13-27-18-10-3-6-15-8-4-11-21-19(15)18/h2-4,6-11,14,22H,5,12-13H2,1H3. The van der Waals surface area contributed by atoms with Crippen LogP contribution in [-0.4, -0.2) is 39.6 Å². The minimum absolute atomic E-state index is 0.00886. The quantitative estimate of drug-likeness (QED) is 0.462. The Bertz CT molecular complexity index is 1080. The Labute approximate surface area is 163 Å². The number of nitrogens with one attached hydrogen (secondary N) is 1. The average molecular weight is 400 g/mol. The first-order chi connectivity index (χ1) is 13.5. The summed E-state index contributed by atoms with van der Waals surface area (Å²) in [5, 5.41) is 0.978. The Kier molecular flexibility index (Phi) is 6.23. The summed E-state index contributed by atoms with van der Waals surface area (Å²) < 4.78 is 37.6. The molecule has 0 aliphatic heterocycles. The van der Waals surface area contributed by atoms with Crippen molar-refractivity contribution in [1.82, 2.24) is 9.71 Å². The van der Waals surface area contributed by atoms with Crippen molar-refractivity contribution in [3.8, 4) is 5.75 Å². The number of benzene rings is 2. The summed E-state index contributed by atoms with van der Waals surface area (Å²) in [4.78, 5) is 15.9. The van der Waals surface area contributed by atoms with Gasteiger partial charge in [-0.2, -0.15) is 0 Å². The van der Waals surface area contributed by atoms with Gasteiger partial charge in [-0.25, -0.2) is 17.9 Å². The molecular formula is C20H20N2O5S. The highest BCUT2D eigenvalue weighted by Gasteiger charge is 2.16. The third kappa shape index (κ3) is 4.65. The maximum absolute atomic E-state index is 12.4. The summed E-state index contributed by atoms with van der Waals surface area (Å²) in [5.74, 6) is 0.0703. The maximum atomic E-state index is 12.4. The molecule has 0 fully saturated rings. The Morgan fingerprint density at radius 1 is 1.11 bits per heavy atom. The average Bonchev–Trinajstić information content (AvgIpc) is 2.73. The van der Waals surface area contributed by atoms with Gasteiger partial charge in [0.25, 0.3) is 0 Å². The molecule has 1 N–H and O–H groups in total. The highest BCUT2D eigenvalue weighted by atomic mass is 32.2. The smallest absolute Gasteiger partial charge is 0.337 e. The van der Waals surface area contributed by atoms with Crippen LogP contribution in [0.25, 0.3) is 10.9 Å². The van der Waals surface area contributed by atoms with E-state index in [9.17, 15) is 13.2 Å². The number of carbonyl (C=O) groups is 1. The van der Waals surface area contributed by atoms with Crippen LogP contribution in [0.3, 0.4) is 0 Å². The molecule has 146 valence electrons. The molecule has 3 rings (SSSR count). The topological polar surface area (TPSA) is 94.6 Å². The van der Waals surface area contributed by atoms with Crippen molar-refractivity contribution in [3.05, 3.63) is 66.4 Å². The molecule has 0 aliphatic rings. The number of para-hydroxylation sites is 1. The number of nitrogens with zero attached hydrogens (tertiary/aromatic N) is 1. The molecule has 0 radical (unpaired) electrons. The Morgan fingerprint density at radius 3 is 2.71 bits per heavy atom. The fourth-order valence-corrected chi connectivity index (χ4v) is 3.76. The summed E-state index contributed by atoms with van der Waals surface area (Å²) in [7, 11) is -2.49. The number of hydrogen-bond donors (Lipinski definition) is 1. The van der Waals surface area contributed by atoms with Crippen LogP contribution < -0.4 is 9.46 Å². The minimum atomic E-state index is -3.73. The van der Waals surface area contributed by atoms with Gasteiger partial charge in [-0.05, 0) is 36.8 Å². The fraction of sp³-hybridized carbons (Fsp3) is 0.200. The molecule has 0 spiro atoms. The molecule has 0 bridgehead atoms. The van der Waals surface area contributed by atoms with Crippen molar-refractivity contribution in [3.63, 3.8) is 0 Å². The van der Waals surface area contributed by atoms with Crippen molar-refractivity contribution in [2.45, 2.75) is 11.3 Å². The largest absolute Gasteiger partial charge is 0.491 e. The van der Waals surface area contributed by atoms with Crippen LogP contribution in [0.1, 0.15) is 16.8 Å². The first-order valence-corrected chi connectivity index (χ1v) is 10.1. The van der Waals surface area contributed by atoms with E-state index in [1.54, 1.807) is 6.20 Å². The molecule has 0 saturated carbocycles. The van der Waals surface area contributed by atoms with Crippen molar-refractivity contribution >= 4 is 26.9 Å². The van der Waals surface area contributed by atoms with Gasteiger partial charge < -0.3 is 9.47 Å². The normalized spacial score (nSPS) is 11.3. The van der Waals surface area contributed by atoms with Crippen molar-refractivity contribution in [2.24, 2.45) is 0 Å². The van der Waals surface area contributed by atoms with Gasteiger partial charge in [-0.1, -0.05) is 24.3 Å². The highest BCUT2D eigenvalue weighted by molar-refractivity contribution is 7.89. The number of esters is 1. The number of pyridine rings is 1. The Morgan fingerprint density at radius 2 is 1.89 bits per heavy atom. The van der Waals surface area contributed by atoms with Crippen LogP contribution >= 0.6 is 0 Å². The summed E-state index contributed by atoms with van der Waals surface area (Å²) in [6, 6.07) is 15.2. The van der Waals surface area contributed by atoms with Gasteiger partial charge in [0.1, 0.15) is 11.3 Å². The molecule has 0 atom stereocenters. The zero-order valence-electron chi connectivity index (χ0n) is 15.3. The lowest BCUT2D eigenvalue weighted by Gasteiger charge is -2.10. The lowest BCUT2D eigenvalue weighted by molar-refractivity contribution is 0.0600. The molecule has 7 nitrogen and oxygen atoms in total. The molecule has 1 aromatic heterocycles. The molecule has 3 aromatic rings. The van der Waals surface area contributed by atoms with Crippen LogP contribution in [-0.2, 0) is 14.8 Å². The number of methoxy groups -OCH3 is 1. The van der Waals surface area contributed by atoms with Gasteiger partial charge in [0.05, 0.1) is 24.2 Å². The predicted octanol–water partition coefficient (Wildman–Crippen LogP) is 2.77. The van der Waals surface area contributed by atoms with E-state index in [0.29, 0.717) is 18.8 Å². The predicted molar refractivity (Wildman–Crippen MR) is 105 cm³/mol. The minimum Gasteiger partial charge on any atom is -0.491 e. The summed E-state index contributed by atoms with van der Waals surface area (Å²) >= 11 is 0. The molecule has 2 aromatic carbocycles. The Hall–Kier alpha value is -2.97. The Balaban J connectivity index is 1.55. The van der Waals surface area contributed by atoms with Crippen LogP contribution in [0, 0.1) is 0 Å². The van der Waals surface area contributed by atoms with E-state index in [2.05, 4.69) is 14.4 Å². The number of sulfonamides is 1. The summed E-state index contributed by atoms with van der Waals surface area (Å²) in [6.07, 6.45) is 2.17. The summed E-state index contributed by atoms with van der Waals surface area (Å²) in [6.45, 7) is 0.531. The molecule has 0 aliphatic carbocycles. The third-order valence-electron chi connectivity index (χ3n) is 4.03. The second-order valence-electron chi connectivity index (χ2n) is 5.95. The van der Waals surface area contributed by atoms with E-state index >= 15 is 0 Å². The molecule has 0 saturated heterocycles. The number of aromatic nitrogens is 1. The van der Waals surface area contributed by atoms with Crippen LogP contribution in [0.2, 0.25) is 0 Å². The third-order valence-corrected chi connectivity index (χ3v) is 5.49. The van der Waals surface area contributed by atoms with Gasteiger partial charge in [-0.15, -0.1) is 0 Å². The van der Waals surface area contributed by atoms with Gasteiger partial charge in [0.15, 0.2) is 0 Å². The number of rotatable bonds is 8. The summed E-state index contributed by atoms with van der Waals surface area (Å²) in [5.41, 5.74) is 0.947. The molecule has 0 unspecified atom stereocenters. The van der Waals surface area contributed by atoms with E-state index in [1.807, 2.05) is 30.3 Å². The number of carbonyl (C=O) groups excluding carboxylic acids is 1. The van der Waals surface area contributed by atoms with E-state index in [-0.39, 0.29) is 17.0 Å². The van der Waals surface area contributed by atoms with Gasteiger partial charge >= 0.3 is 5.97 Å². The number of ether oxygens (including phenoxy) is 2. The molecule has 8 heteroatoms. The van der Waals surface area contributed by atoms with Crippen molar-refractivity contribution < 1.29 is 22.7 Å². The fourth-order valence-electron chi connectivity index (χ4n) is 2.64. The molecule has 0 amide bonds.